The molecule has 4 nitrogen and oxygen atoms in total. The lowest BCUT2D eigenvalue weighted by atomic mass is 10.0. The number of amides is 1. The highest BCUT2D eigenvalue weighted by Gasteiger charge is 2.31. The van der Waals surface area contributed by atoms with Gasteiger partial charge in [-0.2, -0.15) is 0 Å². The second-order valence-electron chi connectivity index (χ2n) is 4.92. The molecule has 1 aromatic rings. The molecule has 1 saturated heterocycles. The zero-order valence-electron chi connectivity index (χ0n) is 11.3. The smallest absolute Gasteiger partial charge is 0.326 e. The molecule has 20 heavy (non-hydrogen) atoms. The lowest BCUT2D eigenvalue weighted by Crippen LogP contribution is -2.48. The Balaban J connectivity index is 1.83. The molecule has 108 valence electrons. The average Bonchev–Trinajstić information content (AvgIpc) is 2.48. The average molecular weight is 293 g/mol. The van der Waals surface area contributed by atoms with E-state index in [1.807, 2.05) is 30.3 Å². The fourth-order valence-electron chi connectivity index (χ4n) is 2.40. The first-order chi connectivity index (χ1) is 9.68. The van der Waals surface area contributed by atoms with E-state index in [9.17, 15) is 9.59 Å². The molecular weight excluding hydrogens is 274 g/mol. The number of hydrogen-bond acceptors (Lipinski definition) is 3. The lowest BCUT2D eigenvalue weighted by Gasteiger charge is -2.32. The van der Waals surface area contributed by atoms with Crippen molar-refractivity contribution >= 4 is 23.6 Å². The number of carbonyl (C=O) groups excluding carboxylic acids is 1. The molecule has 0 saturated carbocycles. The number of hydrogen-bond donors (Lipinski definition) is 1. The van der Waals surface area contributed by atoms with Crippen LogP contribution in [0.25, 0.3) is 0 Å². The number of piperidine rings is 1. The van der Waals surface area contributed by atoms with Crippen LogP contribution < -0.4 is 0 Å². The lowest BCUT2D eigenvalue weighted by molar-refractivity contribution is -0.150. The van der Waals surface area contributed by atoms with Crippen molar-refractivity contribution in [2.45, 2.75) is 31.1 Å². The maximum atomic E-state index is 12.1. The number of benzene rings is 1. The van der Waals surface area contributed by atoms with Crippen LogP contribution in [0.4, 0.5) is 0 Å². The van der Waals surface area contributed by atoms with Gasteiger partial charge >= 0.3 is 5.97 Å². The van der Waals surface area contributed by atoms with Gasteiger partial charge in [0.15, 0.2) is 0 Å². The highest BCUT2D eigenvalue weighted by atomic mass is 32.2. The minimum absolute atomic E-state index is 0.0574. The van der Waals surface area contributed by atoms with Crippen molar-refractivity contribution in [1.29, 1.82) is 0 Å². The van der Waals surface area contributed by atoms with E-state index in [1.165, 1.54) is 22.2 Å². The molecular formula is C15H19NO3S. The number of thioether (sulfide) groups is 1. The minimum Gasteiger partial charge on any atom is -0.480 e. The number of carboxylic acid groups (broad SMARTS) is 1. The molecule has 1 aliphatic heterocycles. The van der Waals surface area contributed by atoms with Gasteiger partial charge in [-0.25, -0.2) is 4.79 Å². The summed E-state index contributed by atoms with van der Waals surface area (Å²) in [6, 6.07) is 9.33. The Labute approximate surface area is 123 Å². The summed E-state index contributed by atoms with van der Waals surface area (Å²) in [5, 5.41) is 9.16. The van der Waals surface area contributed by atoms with E-state index in [0.29, 0.717) is 18.7 Å². The maximum absolute atomic E-state index is 12.1. The summed E-state index contributed by atoms with van der Waals surface area (Å²) < 4.78 is 0. The quantitative estimate of drug-likeness (QED) is 0.905. The van der Waals surface area contributed by atoms with E-state index in [4.69, 9.17) is 5.11 Å². The summed E-state index contributed by atoms with van der Waals surface area (Å²) in [6.45, 7) is 0.571. The van der Waals surface area contributed by atoms with E-state index in [1.54, 1.807) is 0 Å². The van der Waals surface area contributed by atoms with Crippen LogP contribution >= 0.6 is 11.8 Å². The number of carbonyl (C=O) groups is 2. The number of likely N-dealkylation sites (tertiary alicyclic amines) is 1. The fraction of sp³-hybridized carbons (Fsp3) is 0.467. The highest BCUT2D eigenvalue weighted by Crippen LogP contribution is 2.19. The predicted octanol–water partition coefficient (Wildman–Crippen LogP) is 2.39. The van der Waals surface area contributed by atoms with Crippen molar-refractivity contribution in [3.8, 4) is 0 Å². The third-order valence-electron chi connectivity index (χ3n) is 3.45. The summed E-state index contributed by atoms with van der Waals surface area (Å²) in [5.74, 6) is 0.181. The van der Waals surface area contributed by atoms with Crippen LogP contribution in [0.2, 0.25) is 0 Å². The van der Waals surface area contributed by atoms with E-state index in [-0.39, 0.29) is 5.91 Å². The van der Waals surface area contributed by atoms with Crippen LogP contribution in [-0.4, -0.2) is 40.2 Å². The third-order valence-corrected chi connectivity index (χ3v) is 4.43. The topological polar surface area (TPSA) is 57.6 Å². The minimum atomic E-state index is -0.883. The van der Waals surface area contributed by atoms with E-state index < -0.39 is 12.0 Å². The SMILES string of the molecule is O=C(O)C1CCCCN1C(=O)CSCc1ccccc1. The van der Waals surface area contributed by atoms with Crippen LogP contribution in [0.1, 0.15) is 24.8 Å². The van der Waals surface area contributed by atoms with Crippen molar-refractivity contribution < 1.29 is 14.7 Å². The predicted molar refractivity (Wildman–Crippen MR) is 79.6 cm³/mol. The van der Waals surface area contributed by atoms with Crippen LogP contribution in [0.15, 0.2) is 30.3 Å². The van der Waals surface area contributed by atoms with Gasteiger partial charge in [0.05, 0.1) is 5.75 Å². The zero-order chi connectivity index (χ0) is 14.4. The Morgan fingerprint density at radius 2 is 2.00 bits per heavy atom. The van der Waals surface area contributed by atoms with Crippen LogP contribution in [0.3, 0.4) is 0 Å². The third kappa shape index (κ3) is 4.00. The standard InChI is InChI=1S/C15H19NO3S/c17-14(11-20-10-12-6-2-1-3-7-12)16-9-5-4-8-13(16)15(18)19/h1-3,6-7,13H,4-5,8-11H2,(H,18,19). The van der Waals surface area contributed by atoms with Gasteiger partial charge in [0.2, 0.25) is 5.91 Å². The Morgan fingerprint density at radius 1 is 1.25 bits per heavy atom. The Bertz CT molecular complexity index is 463. The number of nitrogens with zero attached hydrogens (tertiary/aromatic N) is 1. The molecule has 1 amide bonds. The van der Waals surface area contributed by atoms with Gasteiger partial charge in [-0.1, -0.05) is 30.3 Å². The summed E-state index contributed by atoms with van der Waals surface area (Å²) in [5.41, 5.74) is 1.18. The van der Waals surface area contributed by atoms with Crippen molar-refractivity contribution in [1.82, 2.24) is 4.90 Å². The van der Waals surface area contributed by atoms with Crippen molar-refractivity contribution in [2.75, 3.05) is 12.3 Å². The van der Waals surface area contributed by atoms with Gasteiger partial charge in [0.25, 0.3) is 0 Å². The Morgan fingerprint density at radius 3 is 2.70 bits per heavy atom. The summed E-state index contributed by atoms with van der Waals surface area (Å²) in [6.07, 6.45) is 2.36. The molecule has 5 heteroatoms. The molecule has 1 atom stereocenters. The van der Waals surface area contributed by atoms with Crippen molar-refractivity contribution in [3.63, 3.8) is 0 Å². The molecule has 1 aliphatic rings. The molecule has 0 bridgehead atoms. The first-order valence-electron chi connectivity index (χ1n) is 6.82. The van der Waals surface area contributed by atoms with Crippen molar-refractivity contribution in [3.05, 3.63) is 35.9 Å². The summed E-state index contributed by atoms with van der Waals surface area (Å²) >= 11 is 1.54. The fourth-order valence-corrected chi connectivity index (χ4v) is 3.27. The Kier molecular flexibility index (Phi) is 5.47. The first-order valence-corrected chi connectivity index (χ1v) is 7.98. The van der Waals surface area contributed by atoms with Gasteiger partial charge in [-0.15, -0.1) is 11.8 Å². The van der Waals surface area contributed by atoms with Crippen LogP contribution in [0.5, 0.6) is 0 Å². The Hall–Kier alpha value is -1.49. The summed E-state index contributed by atoms with van der Waals surface area (Å²) in [4.78, 5) is 24.8. The van der Waals surface area contributed by atoms with Crippen molar-refractivity contribution in [2.24, 2.45) is 0 Å². The van der Waals surface area contributed by atoms with Crippen LogP contribution in [-0.2, 0) is 15.3 Å². The van der Waals surface area contributed by atoms with Gasteiger partial charge in [0, 0.05) is 12.3 Å². The molecule has 1 aromatic carbocycles. The second-order valence-corrected chi connectivity index (χ2v) is 5.90. The summed E-state index contributed by atoms with van der Waals surface area (Å²) in [7, 11) is 0. The van der Waals surface area contributed by atoms with Gasteiger partial charge in [-0.05, 0) is 24.8 Å². The monoisotopic (exact) mass is 293 g/mol. The molecule has 0 aromatic heterocycles. The molecule has 0 radical (unpaired) electrons. The van der Waals surface area contributed by atoms with Crippen LogP contribution in [0, 0.1) is 0 Å². The zero-order valence-corrected chi connectivity index (χ0v) is 12.1. The molecule has 1 N–H and O–H groups in total. The highest BCUT2D eigenvalue weighted by molar-refractivity contribution is 7.99. The molecule has 2 rings (SSSR count). The molecule has 1 fully saturated rings. The number of rotatable bonds is 5. The largest absolute Gasteiger partial charge is 0.480 e. The molecule has 1 unspecified atom stereocenters. The van der Waals surface area contributed by atoms with E-state index in [2.05, 4.69) is 0 Å². The molecule has 0 spiro atoms. The number of carboxylic acids is 1. The van der Waals surface area contributed by atoms with E-state index >= 15 is 0 Å². The normalized spacial score (nSPS) is 18.8. The van der Waals surface area contributed by atoms with Gasteiger partial charge in [-0.3, -0.25) is 4.79 Å². The van der Waals surface area contributed by atoms with E-state index in [0.717, 1.165) is 18.6 Å². The molecule has 0 aliphatic carbocycles. The van der Waals surface area contributed by atoms with Gasteiger partial charge in [0.1, 0.15) is 6.04 Å². The number of aliphatic carboxylic acids is 1. The first kappa shape index (κ1) is 14.9. The van der Waals surface area contributed by atoms with Gasteiger partial charge < -0.3 is 10.0 Å². The molecule has 1 heterocycles. The maximum Gasteiger partial charge on any atom is 0.326 e. The second kappa shape index (κ2) is 7.33.